The van der Waals surface area contributed by atoms with Gasteiger partial charge in [-0.05, 0) is 55.5 Å². The fourth-order valence-electron chi connectivity index (χ4n) is 3.38. The number of rotatable bonds is 3. The maximum Gasteiger partial charge on any atom is 0.165 e. The molecule has 2 aromatic carbocycles. The Bertz CT molecular complexity index is 731. The molecule has 0 heterocycles. The molecule has 3 heteroatoms. The van der Waals surface area contributed by atoms with Gasteiger partial charge < -0.3 is 4.74 Å². The first-order chi connectivity index (χ1) is 11.7. The van der Waals surface area contributed by atoms with Gasteiger partial charge in [0.2, 0.25) is 0 Å². The Morgan fingerprint density at radius 2 is 1.75 bits per heavy atom. The van der Waals surface area contributed by atoms with E-state index >= 15 is 0 Å². The molecule has 0 saturated heterocycles. The van der Waals surface area contributed by atoms with Crippen molar-refractivity contribution >= 4 is 11.6 Å². The third-order valence-corrected chi connectivity index (χ3v) is 4.78. The summed E-state index contributed by atoms with van der Waals surface area (Å²) in [5.41, 5.74) is 2.62. The molecule has 1 unspecified atom stereocenters. The van der Waals surface area contributed by atoms with Gasteiger partial charge in [-0.3, -0.25) is 9.59 Å². The molecule has 0 spiro atoms. The average Bonchev–Trinajstić information content (AvgIpc) is 2.71. The molecule has 0 fully saturated rings. The molecule has 0 bridgehead atoms. The summed E-state index contributed by atoms with van der Waals surface area (Å²) in [4.78, 5) is 25.2. The first-order valence-corrected chi connectivity index (χ1v) is 8.48. The van der Waals surface area contributed by atoms with Crippen LogP contribution < -0.4 is 4.74 Å². The summed E-state index contributed by atoms with van der Waals surface area (Å²) in [7, 11) is 1.61. The fraction of sp³-hybridized carbons (Fsp3) is 0.333. The number of carbonyl (C=O) groups excluding carboxylic acids is 2. The van der Waals surface area contributed by atoms with Gasteiger partial charge in [0, 0.05) is 23.5 Å². The molecule has 3 rings (SSSR count). The minimum Gasteiger partial charge on any atom is -0.497 e. The van der Waals surface area contributed by atoms with E-state index < -0.39 is 0 Å². The van der Waals surface area contributed by atoms with Crippen molar-refractivity contribution in [2.24, 2.45) is 5.92 Å². The van der Waals surface area contributed by atoms with Crippen molar-refractivity contribution in [3.63, 3.8) is 0 Å². The highest BCUT2D eigenvalue weighted by Gasteiger charge is 2.23. The zero-order chi connectivity index (χ0) is 16.9. The van der Waals surface area contributed by atoms with E-state index in [-0.39, 0.29) is 17.5 Å². The lowest BCUT2D eigenvalue weighted by Crippen LogP contribution is -2.15. The van der Waals surface area contributed by atoms with E-state index in [9.17, 15) is 9.59 Å². The van der Waals surface area contributed by atoms with Crippen LogP contribution in [0.25, 0.3) is 0 Å². The van der Waals surface area contributed by atoms with Gasteiger partial charge in [-0.25, -0.2) is 0 Å². The predicted octanol–water partition coefficient (Wildman–Crippen LogP) is 4.49. The molecule has 24 heavy (non-hydrogen) atoms. The minimum atomic E-state index is -0.0302. The minimum absolute atomic E-state index is 0.0302. The van der Waals surface area contributed by atoms with Crippen LogP contribution >= 0.6 is 0 Å². The molecular weight excluding hydrogens is 300 g/mol. The number of carbonyl (C=O) groups is 2. The second-order valence-electron chi connectivity index (χ2n) is 6.30. The molecule has 3 nitrogen and oxygen atoms in total. The van der Waals surface area contributed by atoms with E-state index in [1.54, 1.807) is 7.11 Å². The number of aryl methyl sites for hydroxylation is 1. The zero-order valence-electron chi connectivity index (χ0n) is 14.0. The van der Waals surface area contributed by atoms with E-state index in [2.05, 4.69) is 0 Å². The highest BCUT2D eigenvalue weighted by atomic mass is 16.5. The molecule has 0 radical (unpaired) electrons. The molecule has 0 N–H and O–H groups in total. The molecule has 1 atom stereocenters. The van der Waals surface area contributed by atoms with Gasteiger partial charge in [-0.1, -0.05) is 24.3 Å². The van der Waals surface area contributed by atoms with Crippen molar-refractivity contribution in [2.75, 3.05) is 7.11 Å². The van der Waals surface area contributed by atoms with Crippen LogP contribution in [0.3, 0.4) is 0 Å². The summed E-state index contributed by atoms with van der Waals surface area (Å²) >= 11 is 0. The molecule has 1 aliphatic rings. The molecule has 0 aliphatic heterocycles. The fourth-order valence-corrected chi connectivity index (χ4v) is 3.38. The molecule has 0 amide bonds. The van der Waals surface area contributed by atoms with E-state index in [0.29, 0.717) is 6.42 Å². The highest BCUT2D eigenvalue weighted by molar-refractivity contribution is 5.99. The Kier molecular flexibility index (Phi) is 5.09. The molecule has 0 aromatic heterocycles. The topological polar surface area (TPSA) is 43.4 Å². The first kappa shape index (κ1) is 16.4. The number of ketones is 2. The van der Waals surface area contributed by atoms with Gasteiger partial charge in [0.1, 0.15) is 5.75 Å². The number of fused-ring (bicyclic) bond motifs is 1. The van der Waals surface area contributed by atoms with Crippen LogP contribution in [0.2, 0.25) is 0 Å². The molecule has 0 saturated carbocycles. The zero-order valence-corrected chi connectivity index (χ0v) is 14.0. The van der Waals surface area contributed by atoms with Gasteiger partial charge in [-0.15, -0.1) is 0 Å². The highest BCUT2D eigenvalue weighted by Crippen LogP contribution is 2.26. The van der Waals surface area contributed by atoms with Gasteiger partial charge in [-0.2, -0.15) is 0 Å². The number of methoxy groups -OCH3 is 1. The van der Waals surface area contributed by atoms with E-state index in [1.807, 2.05) is 48.5 Å². The lowest BCUT2D eigenvalue weighted by molar-refractivity contribution is 0.0896. The van der Waals surface area contributed by atoms with Gasteiger partial charge in [0.15, 0.2) is 11.6 Å². The molecule has 124 valence electrons. The van der Waals surface area contributed by atoms with E-state index in [4.69, 9.17) is 4.74 Å². The molecule has 1 aliphatic carbocycles. The largest absolute Gasteiger partial charge is 0.497 e. The van der Waals surface area contributed by atoms with Crippen LogP contribution in [0.1, 0.15) is 52.0 Å². The maximum atomic E-state index is 12.8. The molecule has 2 aromatic rings. The number of Topliss-reactive ketones (excluding diaryl/α,β-unsaturated/α-hetero) is 2. The standard InChI is InChI=1S/C21H22O3/c1-24-18-13-11-17(12-14-18)21(23)16-6-4-8-20(22)19-7-3-2-5-15(19)9-10-16/h2-3,5,7,11-14,16H,4,6,8-10H2,1H3. The first-order valence-electron chi connectivity index (χ1n) is 8.48. The molecular formula is C21H22O3. The van der Waals surface area contributed by atoms with Crippen LogP contribution in [0.5, 0.6) is 5.75 Å². The number of benzene rings is 2. The van der Waals surface area contributed by atoms with Crippen LogP contribution in [0.15, 0.2) is 48.5 Å². The van der Waals surface area contributed by atoms with Crippen molar-refractivity contribution in [3.05, 3.63) is 65.2 Å². The SMILES string of the molecule is COc1ccc(C(=O)C2CCCC(=O)c3ccccc3CC2)cc1. The lowest BCUT2D eigenvalue weighted by atomic mass is 9.88. The Morgan fingerprint density at radius 3 is 2.50 bits per heavy atom. The normalized spacial score (nSPS) is 18.0. The predicted molar refractivity (Wildman–Crippen MR) is 93.8 cm³/mol. The Balaban J connectivity index is 1.79. The lowest BCUT2D eigenvalue weighted by Gasteiger charge is -2.15. The number of hydrogen-bond acceptors (Lipinski definition) is 3. The average molecular weight is 322 g/mol. The van der Waals surface area contributed by atoms with Crippen molar-refractivity contribution in [3.8, 4) is 5.75 Å². The van der Waals surface area contributed by atoms with Gasteiger partial charge in [0.05, 0.1) is 7.11 Å². The van der Waals surface area contributed by atoms with E-state index in [0.717, 1.165) is 48.1 Å². The van der Waals surface area contributed by atoms with Crippen LogP contribution in [-0.2, 0) is 6.42 Å². The van der Waals surface area contributed by atoms with Crippen molar-refractivity contribution in [2.45, 2.75) is 32.1 Å². The smallest absolute Gasteiger partial charge is 0.165 e. The maximum absolute atomic E-state index is 12.8. The van der Waals surface area contributed by atoms with E-state index in [1.165, 1.54) is 0 Å². The second-order valence-corrected chi connectivity index (χ2v) is 6.30. The summed E-state index contributed by atoms with van der Waals surface area (Å²) in [6, 6.07) is 15.1. The van der Waals surface area contributed by atoms with Crippen molar-refractivity contribution in [1.82, 2.24) is 0 Å². The summed E-state index contributed by atoms with van der Waals surface area (Å²) in [5, 5.41) is 0. The van der Waals surface area contributed by atoms with Crippen molar-refractivity contribution < 1.29 is 14.3 Å². The Labute approximate surface area is 142 Å². The Hall–Kier alpha value is -2.42. The van der Waals surface area contributed by atoms with Gasteiger partial charge >= 0.3 is 0 Å². The quantitative estimate of drug-likeness (QED) is 0.782. The van der Waals surface area contributed by atoms with Crippen LogP contribution in [0.4, 0.5) is 0 Å². The Morgan fingerprint density at radius 1 is 1.00 bits per heavy atom. The summed E-state index contributed by atoms with van der Waals surface area (Å²) in [5.74, 6) is 1.09. The third kappa shape index (κ3) is 3.56. The monoisotopic (exact) mass is 322 g/mol. The number of ether oxygens (including phenoxy) is 1. The van der Waals surface area contributed by atoms with Crippen molar-refractivity contribution in [1.29, 1.82) is 0 Å². The van der Waals surface area contributed by atoms with Crippen LogP contribution in [0, 0.1) is 5.92 Å². The summed E-state index contributed by atoms with van der Waals surface area (Å²) in [6.07, 6.45) is 3.61. The second kappa shape index (κ2) is 7.43. The van der Waals surface area contributed by atoms with Gasteiger partial charge in [0.25, 0.3) is 0 Å². The number of hydrogen-bond donors (Lipinski definition) is 0. The third-order valence-electron chi connectivity index (χ3n) is 4.78. The summed E-state index contributed by atoms with van der Waals surface area (Å²) in [6.45, 7) is 0. The summed E-state index contributed by atoms with van der Waals surface area (Å²) < 4.78 is 5.15. The van der Waals surface area contributed by atoms with Crippen LogP contribution in [-0.4, -0.2) is 18.7 Å².